The maximum Gasteiger partial charge on any atom is 0.253 e. The molecule has 2 rings (SSSR count). The Bertz CT molecular complexity index is 663. The molecule has 20 heavy (non-hydrogen) atoms. The molecule has 0 saturated carbocycles. The molecule has 3 nitrogen and oxygen atoms in total. The van der Waals surface area contributed by atoms with Gasteiger partial charge in [-0.05, 0) is 50.5 Å². The number of pyridine rings is 1. The second kappa shape index (κ2) is 5.63. The highest BCUT2D eigenvalue weighted by atomic mass is 16.1. The van der Waals surface area contributed by atoms with Gasteiger partial charge in [0, 0.05) is 24.3 Å². The Kier molecular flexibility index (Phi) is 4.09. The molecule has 1 heterocycles. The standard InChI is InChI=1S/C17H22N2O/c1-11-8-13(3)16(14(4)9-11)15(18)10-19-7-5-6-12(2)17(19)20/h5-9,15H,10,18H2,1-4H3. The van der Waals surface area contributed by atoms with Crippen molar-refractivity contribution in [2.75, 3.05) is 0 Å². The summed E-state index contributed by atoms with van der Waals surface area (Å²) in [7, 11) is 0. The van der Waals surface area contributed by atoms with Crippen molar-refractivity contribution in [1.82, 2.24) is 4.57 Å². The van der Waals surface area contributed by atoms with Crippen LogP contribution in [0.15, 0.2) is 35.3 Å². The summed E-state index contributed by atoms with van der Waals surface area (Å²) >= 11 is 0. The van der Waals surface area contributed by atoms with Crippen molar-refractivity contribution in [3.63, 3.8) is 0 Å². The SMILES string of the molecule is Cc1cc(C)c(C(N)Cn2cccc(C)c2=O)c(C)c1. The van der Waals surface area contributed by atoms with Gasteiger partial charge in [0.2, 0.25) is 0 Å². The van der Waals surface area contributed by atoms with Crippen LogP contribution >= 0.6 is 0 Å². The van der Waals surface area contributed by atoms with Crippen LogP contribution in [0.25, 0.3) is 0 Å². The van der Waals surface area contributed by atoms with E-state index in [0.29, 0.717) is 6.54 Å². The maximum absolute atomic E-state index is 12.1. The Labute approximate surface area is 120 Å². The number of rotatable bonds is 3. The topological polar surface area (TPSA) is 48.0 Å². The third kappa shape index (κ3) is 2.83. The lowest BCUT2D eigenvalue weighted by atomic mass is 9.94. The van der Waals surface area contributed by atoms with Crippen LogP contribution in [0.5, 0.6) is 0 Å². The summed E-state index contributed by atoms with van der Waals surface area (Å²) < 4.78 is 1.69. The van der Waals surface area contributed by atoms with Gasteiger partial charge in [-0.2, -0.15) is 0 Å². The average Bonchev–Trinajstić information content (AvgIpc) is 2.33. The van der Waals surface area contributed by atoms with E-state index >= 15 is 0 Å². The lowest BCUT2D eigenvalue weighted by molar-refractivity contribution is 0.555. The minimum Gasteiger partial charge on any atom is -0.322 e. The highest BCUT2D eigenvalue weighted by molar-refractivity contribution is 5.39. The highest BCUT2D eigenvalue weighted by Gasteiger charge is 2.14. The molecule has 1 unspecified atom stereocenters. The zero-order chi connectivity index (χ0) is 14.9. The van der Waals surface area contributed by atoms with Crippen molar-refractivity contribution in [3.8, 4) is 0 Å². The third-order valence-electron chi connectivity index (χ3n) is 3.71. The Hall–Kier alpha value is -1.87. The first kappa shape index (κ1) is 14.5. The number of aryl methyl sites for hydroxylation is 4. The highest BCUT2D eigenvalue weighted by Crippen LogP contribution is 2.22. The first-order chi connectivity index (χ1) is 9.40. The van der Waals surface area contributed by atoms with Crippen molar-refractivity contribution in [3.05, 3.63) is 68.6 Å². The Morgan fingerprint density at radius 3 is 2.30 bits per heavy atom. The molecular weight excluding hydrogens is 248 g/mol. The zero-order valence-corrected chi connectivity index (χ0v) is 12.6. The third-order valence-corrected chi connectivity index (χ3v) is 3.71. The number of nitrogens with zero attached hydrogens (tertiary/aromatic N) is 1. The van der Waals surface area contributed by atoms with Crippen molar-refractivity contribution in [2.45, 2.75) is 40.3 Å². The number of nitrogens with two attached hydrogens (primary N) is 1. The molecule has 3 heteroatoms. The summed E-state index contributed by atoms with van der Waals surface area (Å²) in [4.78, 5) is 12.1. The summed E-state index contributed by atoms with van der Waals surface area (Å²) in [6.07, 6.45) is 1.80. The van der Waals surface area contributed by atoms with E-state index in [2.05, 4.69) is 32.9 Å². The number of hydrogen-bond donors (Lipinski definition) is 1. The number of aromatic nitrogens is 1. The molecule has 0 amide bonds. The molecule has 0 fully saturated rings. The minimum absolute atomic E-state index is 0.0327. The van der Waals surface area contributed by atoms with E-state index in [1.54, 1.807) is 10.8 Å². The lowest BCUT2D eigenvalue weighted by Gasteiger charge is -2.19. The summed E-state index contributed by atoms with van der Waals surface area (Å²) in [5.41, 5.74) is 11.9. The first-order valence-corrected chi connectivity index (χ1v) is 6.89. The van der Waals surface area contributed by atoms with Crippen molar-refractivity contribution in [1.29, 1.82) is 0 Å². The van der Waals surface area contributed by atoms with Gasteiger partial charge in [-0.25, -0.2) is 0 Å². The van der Waals surface area contributed by atoms with Crippen LogP contribution in [0.4, 0.5) is 0 Å². The van der Waals surface area contributed by atoms with Crippen LogP contribution in [-0.4, -0.2) is 4.57 Å². The molecule has 0 radical (unpaired) electrons. The van der Waals surface area contributed by atoms with Crippen LogP contribution in [0, 0.1) is 27.7 Å². The predicted octanol–water partition coefficient (Wildman–Crippen LogP) is 2.78. The van der Waals surface area contributed by atoms with Gasteiger partial charge in [-0.1, -0.05) is 23.8 Å². The van der Waals surface area contributed by atoms with E-state index < -0.39 is 0 Å². The molecule has 0 aliphatic heterocycles. The summed E-state index contributed by atoms with van der Waals surface area (Å²) in [5, 5.41) is 0. The molecular formula is C17H22N2O. The quantitative estimate of drug-likeness (QED) is 0.932. The molecule has 2 aromatic rings. The van der Waals surface area contributed by atoms with Crippen LogP contribution < -0.4 is 11.3 Å². The summed E-state index contributed by atoms with van der Waals surface area (Å²) in [6.45, 7) is 8.57. The van der Waals surface area contributed by atoms with Gasteiger partial charge in [0.25, 0.3) is 5.56 Å². The van der Waals surface area contributed by atoms with Crippen LogP contribution in [0.1, 0.15) is 33.9 Å². The van der Waals surface area contributed by atoms with E-state index in [9.17, 15) is 4.79 Å². The molecule has 1 aromatic heterocycles. The second-order valence-electron chi connectivity index (χ2n) is 5.57. The fourth-order valence-electron chi connectivity index (χ4n) is 2.88. The van der Waals surface area contributed by atoms with Crippen molar-refractivity contribution < 1.29 is 0 Å². The van der Waals surface area contributed by atoms with E-state index in [1.807, 2.05) is 19.1 Å². The van der Waals surface area contributed by atoms with Gasteiger partial charge < -0.3 is 10.3 Å². The normalized spacial score (nSPS) is 12.4. The largest absolute Gasteiger partial charge is 0.322 e. The van der Waals surface area contributed by atoms with Crippen molar-refractivity contribution >= 4 is 0 Å². The van der Waals surface area contributed by atoms with E-state index in [4.69, 9.17) is 5.73 Å². The van der Waals surface area contributed by atoms with Gasteiger partial charge in [-0.15, -0.1) is 0 Å². The van der Waals surface area contributed by atoms with Crippen LogP contribution in [0.3, 0.4) is 0 Å². The fourth-order valence-corrected chi connectivity index (χ4v) is 2.88. The Morgan fingerprint density at radius 1 is 1.10 bits per heavy atom. The first-order valence-electron chi connectivity index (χ1n) is 6.89. The van der Waals surface area contributed by atoms with Gasteiger partial charge in [0.15, 0.2) is 0 Å². The fraction of sp³-hybridized carbons (Fsp3) is 0.353. The molecule has 0 bridgehead atoms. The number of hydrogen-bond acceptors (Lipinski definition) is 2. The number of benzene rings is 1. The van der Waals surface area contributed by atoms with Gasteiger partial charge in [0.1, 0.15) is 0 Å². The van der Waals surface area contributed by atoms with Crippen molar-refractivity contribution in [2.24, 2.45) is 5.73 Å². The minimum atomic E-state index is -0.171. The molecule has 106 valence electrons. The monoisotopic (exact) mass is 270 g/mol. The van der Waals surface area contributed by atoms with Gasteiger partial charge in [0.05, 0.1) is 0 Å². The average molecular weight is 270 g/mol. The summed E-state index contributed by atoms with van der Waals surface area (Å²) in [5.74, 6) is 0. The predicted molar refractivity (Wildman–Crippen MR) is 83.0 cm³/mol. The summed E-state index contributed by atoms with van der Waals surface area (Å²) in [6, 6.07) is 7.82. The Morgan fingerprint density at radius 2 is 1.70 bits per heavy atom. The van der Waals surface area contributed by atoms with E-state index in [1.165, 1.54) is 16.7 Å². The Balaban J connectivity index is 2.36. The van der Waals surface area contributed by atoms with Crippen LogP contribution in [-0.2, 0) is 6.54 Å². The maximum atomic E-state index is 12.1. The molecule has 0 spiro atoms. The van der Waals surface area contributed by atoms with Crippen LogP contribution in [0.2, 0.25) is 0 Å². The van der Waals surface area contributed by atoms with E-state index in [-0.39, 0.29) is 11.6 Å². The molecule has 0 aliphatic rings. The molecule has 0 saturated heterocycles. The van der Waals surface area contributed by atoms with E-state index in [0.717, 1.165) is 11.1 Å². The zero-order valence-electron chi connectivity index (χ0n) is 12.6. The van der Waals surface area contributed by atoms with Gasteiger partial charge >= 0.3 is 0 Å². The molecule has 1 atom stereocenters. The molecule has 2 N–H and O–H groups in total. The molecule has 0 aliphatic carbocycles. The second-order valence-corrected chi connectivity index (χ2v) is 5.57. The molecule has 1 aromatic carbocycles. The smallest absolute Gasteiger partial charge is 0.253 e. The lowest BCUT2D eigenvalue weighted by Crippen LogP contribution is -2.28. The van der Waals surface area contributed by atoms with Gasteiger partial charge in [-0.3, -0.25) is 4.79 Å².